The van der Waals surface area contributed by atoms with Gasteiger partial charge in [-0.2, -0.15) is 0 Å². The number of carbonyl (C=O) groups excluding carboxylic acids is 1. The van der Waals surface area contributed by atoms with Crippen LogP contribution in [0.5, 0.6) is 0 Å². The van der Waals surface area contributed by atoms with Crippen molar-refractivity contribution in [2.24, 2.45) is 17.6 Å². The number of aromatic nitrogens is 1. The van der Waals surface area contributed by atoms with Gasteiger partial charge in [0.1, 0.15) is 17.0 Å². The van der Waals surface area contributed by atoms with E-state index in [9.17, 15) is 4.79 Å². The van der Waals surface area contributed by atoms with E-state index in [2.05, 4.69) is 14.8 Å². The van der Waals surface area contributed by atoms with E-state index in [-0.39, 0.29) is 0 Å². The summed E-state index contributed by atoms with van der Waals surface area (Å²) in [5.41, 5.74) is 5.65. The van der Waals surface area contributed by atoms with Gasteiger partial charge in [0.15, 0.2) is 0 Å². The lowest BCUT2D eigenvalue weighted by atomic mass is 9.76. The molecule has 7 heteroatoms. The fourth-order valence-corrected chi connectivity index (χ4v) is 5.41. The van der Waals surface area contributed by atoms with E-state index in [1.54, 1.807) is 6.26 Å². The van der Waals surface area contributed by atoms with Gasteiger partial charge in [0.05, 0.1) is 11.6 Å². The number of furan rings is 1. The molecule has 4 rings (SSSR count). The van der Waals surface area contributed by atoms with Crippen molar-refractivity contribution in [2.75, 3.05) is 37.6 Å². The highest BCUT2D eigenvalue weighted by Crippen LogP contribution is 2.36. The summed E-state index contributed by atoms with van der Waals surface area (Å²) in [7, 11) is 0. The van der Waals surface area contributed by atoms with Crippen LogP contribution in [0.15, 0.2) is 29.0 Å². The molecule has 1 aliphatic carbocycles. The Labute approximate surface area is 184 Å². The van der Waals surface area contributed by atoms with Gasteiger partial charge in [-0.05, 0) is 57.2 Å². The maximum absolute atomic E-state index is 11.1. The molecule has 0 atom stereocenters. The van der Waals surface area contributed by atoms with E-state index < -0.39 is 11.7 Å². The number of amides is 1. The van der Waals surface area contributed by atoms with E-state index in [0.717, 1.165) is 55.3 Å². The van der Waals surface area contributed by atoms with E-state index in [1.165, 1.54) is 38.6 Å². The molecule has 0 radical (unpaired) electrons. The Morgan fingerprint density at radius 1 is 1.16 bits per heavy atom. The lowest BCUT2D eigenvalue weighted by molar-refractivity contribution is 0.0193. The number of carbonyl (C=O) groups is 1. The molecule has 1 amide bonds. The quantitative estimate of drug-likeness (QED) is 0.703. The molecule has 31 heavy (non-hydrogen) atoms. The molecule has 1 saturated carbocycles. The van der Waals surface area contributed by atoms with Gasteiger partial charge < -0.3 is 19.8 Å². The molecule has 2 fully saturated rings. The smallest absolute Gasteiger partial charge is 0.405 e. The second kappa shape index (κ2) is 9.47. The van der Waals surface area contributed by atoms with Crippen molar-refractivity contribution in [3.63, 3.8) is 0 Å². The Hall–Kier alpha value is -2.28. The average Bonchev–Trinajstić information content (AvgIpc) is 3.21. The highest BCUT2D eigenvalue weighted by molar-refractivity contribution is 5.88. The van der Waals surface area contributed by atoms with E-state index >= 15 is 0 Å². The van der Waals surface area contributed by atoms with E-state index in [1.807, 2.05) is 32.2 Å². The summed E-state index contributed by atoms with van der Waals surface area (Å²) in [5, 5.41) is 1.11. The first-order valence-corrected chi connectivity index (χ1v) is 11.7. The third kappa shape index (κ3) is 5.70. The van der Waals surface area contributed by atoms with Crippen LogP contribution in [0, 0.1) is 11.8 Å². The molecule has 1 aliphatic heterocycles. The normalized spacial score (nSPS) is 23.2. The molecule has 0 bridgehead atoms. The predicted octanol–water partition coefficient (Wildman–Crippen LogP) is 4.41. The average molecular weight is 429 g/mol. The monoisotopic (exact) mass is 428 g/mol. The fourth-order valence-electron chi connectivity index (χ4n) is 5.41. The summed E-state index contributed by atoms with van der Waals surface area (Å²) >= 11 is 0. The third-order valence-corrected chi connectivity index (χ3v) is 7.01. The minimum atomic E-state index is -0.670. The van der Waals surface area contributed by atoms with Gasteiger partial charge in [-0.25, -0.2) is 9.78 Å². The largest absolute Gasteiger partial charge is 0.464 e. The Kier molecular flexibility index (Phi) is 6.70. The number of hydrogen-bond acceptors (Lipinski definition) is 6. The van der Waals surface area contributed by atoms with Gasteiger partial charge in [0, 0.05) is 32.4 Å². The Balaban J connectivity index is 1.17. The summed E-state index contributed by atoms with van der Waals surface area (Å²) in [4.78, 5) is 20.7. The topological polar surface area (TPSA) is 84.8 Å². The maximum atomic E-state index is 11.1. The van der Waals surface area contributed by atoms with Crippen LogP contribution >= 0.6 is 0 Å². The molecular weight excluding hydrogens is 392 g/mol. The second-order valence-electron chi connectivity index (χ2n) is 9.86. The van der Waals surface area contributed by atoms with Gasteiger partial charge in [0.25, 0.3) is 0 Å². The molecule has 0 spiro atoms. The molecule has 0 aromatic carbocycles. The van der Waals surface area contributed by atoms with Crippen molar-refractivity contribution in [2.45, 2.75) is 58.0 Å². The van der Waals surface area contributed by atoms with E-state index in [0.29, 0.717) is 5.92 Å². The lowest BCUT2D eigenvalue weighted by Gasteiger charge is -2.37. The third-order valence-electron chi connectivity index (χ3n) is 7.01. The molecule has 2 N–H and O–H groups in total. The van der Waals surface area contributed by atoms with Gasteiger partial charge in [-0.1, -0.05) is 25.7 Å². The van der Waals surface area contributed by atoms with Crippen molar-refractivity contribution >= 4 is 22.9 Å². The Bertz CT molecular complexity index is 865. The zero-order chi connectivity index (χ0) is 21.8. The minimum absolute atomic E-state index is 0.460. The Morgan fingerprint density at radius 2 is 1.87 bits per heavy atom. The van der Waals surface area contributed by atoms with Crippen LogP contribution in [0.1, 0.15) is 52.4 Å². The zero-order valence-electron chi connectivity index (χ0n) is 18.9. The van der Waals surface area contributed by atoms with Crippen LogP contribution in [0.4, 0.5) is 10.6 Å². The molecule has 2 aliphatic rings. The molecule has 2 aromatic heterocycles. The number of rotatable bonds is 7. The molecule has 3 heterocycles. The van der Waals surface area contributed by atoms with Crippen molar-refractivity contribution in [3.8, 4) is 0 Å². The van der Waals surface area contributed by atoms with E-state index in [4.69, 9.17) is 14.9 Å². The molecule has 7 nitrogen and oxygen atoms in total. The number of anilines is 1. The molecule has 170 valence electrons. The fraction of sp³-hybridized carbons (Fsp3) is 0.667. The van der Waals surface area contributed by atoms with Crippen molar-refractivity contribution < 1.29 is 13.9 Å². The number of piperazine rings is 1. The second-order valence-corrected chi connectivity index (χ2v) is 9.86. The van der Waals surface area contributed by atoms with Crippen LogP contribution in [0.25, 0.3) is 11.0 Å². The predicted molar refractivity (Wildman–Crippen MR) is 122 cm³/mol. The number of nitrogens with two attached hydrogens (primary N) is 1. The number of nitrogens with zero attached hydrogens (tertiary/aromatic N) is 3. The van der Waals surface area contributed by atoms with Crippen molar-refractivity contribution in [1.29, 1.82) is 0 Å². The first kappa shape index (κ1) is 21.9. The number of primary amides is 1. The van der Waals surface area contributed by atoms with Gasteiger partial charge in [-0.3, -0.25) is 4.90 Å². The molecule has 0 unspecified atom stereocenters. The van der Waals surface area contributed by atoms with Crippen molar-refractivity contribution in [1.82, 2.24) is 9.88 Å². The summed E-state index contributed by atoms with van der Waals surface area (Å²) in [5.74, 6) is 2.50. The highest BCUT2D eigenvalue weighted by Gasteiger charge is 2.30. The number of hydrogen-bond donors (Lipinski definition) is 1. The summed E-state index contributed by atoms with van der Waals surface area (Å²) in [6.45, 7) is 9.31. The van der Waals surface area contributed by atoms with Crippen molar-refractivity contribution in [3.05, 3.63) is 24.6 Å². The highest BCUT2D eigenvalue weighted by atomic mass is 16.6. The van der Waals surface area contributed by atoms with Gasteiger partial charge in [0.2, 0.25) is 0 Å². The zero-order valence-corrected chi connectivity index (χ0v) is 18.9. The first-order chi connectivity index (χ1) is 14.9. The summed E-state index contributed by atoms with van der Waals surface area (Å²) in [6.07, 6.45) is 10.1. The molecule has 2 aromatic rings. The summed E-state index contributed by atoms with van der Waals surface area (Å²) in [6, 6.07) is 3.94. The standard InChI is InChI=1S/C24H36N4O3/c1-24(2,31-23(25)29)17-19-5-3-18(4-6-19)8-11-27-12-14-28(15-13-27)22-20-9-16-30-21(20)7-10-26-22/h7,9-10,16,18-19H,3-6,8,11-15,17H2,1-2H3,(H2,25,29)/t18-,19-. The van der Waals surface area contributed by atoms with Crippen LogP contribution in [0.3, 0.4) is 0 Å². The minimum Gasteiger partial charge on any atom is -0.464 e. The van der Waals surface area contributed by atoms with Crippen LogP contribution in [-0.2, 0) is 4.74 Å². The molecular formula is C24H36N4O3. The lowest BCUT2D eigenvalue weighted by Crippen LogP contribution is -2.47. The van der Waals surface area contributed by atoms with Crippen LogP contribution in [-0.4, -0.2) is 54.3 Å². The Morgan fingerprint density at radius 3 is 2.58 bits per heavy atom. The summed E-state index contributed by atoms with van der Waals surface area (Å²) < 4.78 is 10.8. The van der Waals surface area contributed by atoms with Gasteiger partial charge >= 0.3 is 6.09 Å². The number of fused-ring (bicyclic) bond motifs is 1. The SMILES string of the molecule is CC(C)(C[C@H]1CC[C@H](CCN2CCN(c3nccc4occc34)CC2)CC1)OC(N)=O. The molecule has 1 saturated heterocycles. The maximum Gasteiger partial charge on any atom is 0.405 e. The first-order valence-electron chi connectivity index (χ1n) is 11.7. The van der Waals surface area contributed by atoms with Crippen LogP contribution in [0.2, 0.25) is 0 Å². The van der Waals surface area contributed by atoms with Crippen LogP contribution < -0.4 is 10.6 Å². The number of pyridine rings is 1. The number of ether oxygens (including phenoxy) is 1. The van der Waals surface area contributed by atoms with Gasteiger partial charge in [-0.15, -0.1) is 0 Å².